The van der Waals surface area contributed by atoms with Crippen LogP contribution in [0.2, 0.25) is 0 Å². The molecule has 0 N–H and O–H groups in total. The second-order valence-electron chi connectivity index (χ2n) is 2.33. The Morgan fingerprint density at radius 3 is 2.00 bits per heavy atom. The Balaban J connectivity index is 3.70. The highest BCUT2D eigenvalue weighted by Crippen LogP contribution is 2.24. The molecule has 0 heterocycles. The van der Waals surface area contributed by atoms with Gasteiger partial charge in [0.25, 0.3) is 6.43 Å². The van der Waals surface area contributed by atoms with Gasteiger partial charge in [-0.25, -0.2) is 13.2 Å². The van der Waals surface area contributed by atoms with Gasteiger partial charge in [0.2, 0.25) is 0 Å². The lowest BCUT2D eigenvalue weighted by Crippen LogP contribution is -2.27. The van der Waals surface area contributed by atoms with Gasteiger partial charge in [-0.15, -0.1) is 0 Å². The molecule has 0 aliphatic carbocycles. The Morgan fingerprint density at radius 2 is 1.89 bits per heavy atom. The van der Waals surface area contributed by atoms with Gasteiger partial charge in [0, 0.05) is 0 Å². The van der Waals surface area contributed by atoms with E-state index in [1.807, 2.05) is 0 Å². The van der Waals surface area contributed by atoms with Crippen LogP contribution >= 0.6 is 0 Å². The molecule has 0 bridgehead atoms. The second-order valence-corrected chi connectivity index (χ2v) is 2.33. The highest BCUT2D eigenvalue weighted by atomic mass is 19.3. The van der Waals surface area contributed by atoms with Crippen molar-refractivity contribution in [2.75, 3.05) is 0 Å². The molecule has 0 aliphatic rings. The fourth-order valence-electron chi connectivity index (χ4n) is 0.598. The lowest BCUT2D eigenvalue weighted by Gasteiger charge is -2.17. The normalized spacial score (nSPS) is 18.0. The van der Waals surface area contributed by atoms with Crippen molar-refractivity contribution in [2.45, 2.75) is 38.8 Å². The topological polar surface area (TPSA) is 0 Å². The SMILES string of the molecule is CCCC(C)(F)C(F)F. The molecule has 0 aliphatic heterocycles. The zero-order valence-corrected chi connectivity index (χ0v) is 5.63. The predicted molar refractivity (Wildman–Crippen MR) is 30.4 cm³/mol. The number of rotatable bonds is 3. The van der Waals surface area contributed by atoms with Crippen molar-refractivity contribution in [2.24, 2.45) is 0 Å². The van der Waals surface area contributed by atoms with Gasteiger partial charge >= 0.3 is 0 Å². The van der Waals surface area contributed by atoms with E-state index < -0.39 is 12.1 Å². The molecule has 0 spiro atoms. The second kappa shape index (κ2) is 3.08. The lowest BCUT2D eigenvalue weighted by molar-refractivity contribution is -0.0276. The molecule has 1 atom stereocenters. The predicted octanol–water partition coefficient (Wildman–Crippen LogP) is 2.78. The monoisotopic (exact) mass is 140 g/mol. The molecule has 0 aromatic rings. The van der Waals surface area contributed by atoms with E-state index in [1.54, 1.807) is 6.92 Å². The van der Waals surface area contributed by atoms with Crippen LogP contribution in [0.15, 0.2) is 0 Å². The number of hydrogen-bond donors (Lipinski definition) is 0. The maximum atomic E-state index is 12.5. The quantitative estimate of drug-likeness (QED) is 0.565. The van der Waals surface area contributed by atoms with Gasteiger partial charge in [-0.05, 0) is 13.3 Å². The van der Waals surface area contributed by atoms with E-state index in [0.29, 0.717) is 6.42 Å². The highest BCUT2D eigenvalue weighted by Gasteiger charge is 2.33. The van der Waals surface area contributed by atoms with Crippen LogP contribution in [0.25, 0.3) is 0 Å². The Morgan fingerprint density at radius 1 is 1.44 bits per heavy atom. The van der Waals surface area contributed by atoms with Crippen LogP contribution in [0, 0.1) is 0 Å². The molecule has 0 aromatic heterocycles. The van der Waals surface area contributed by atoms with Crippen LogP contribution in [-0.2, 0) is 0 Å². The average Bonchev–Trinajstić information content (AvgIpc) is 1.65. The first-order chi connectivity index (χ1) is 4.00. The van der Waals surface area contributed by atoms with Crippen molar-refractivity contribution in [3.05, 3.63) is 0 Å². The molecule has 9 heavy (non-hydrogen) atoms. The summed E-state index contributed by atoms with van der Waals surface area (Å²) in [6.45, 7) is 2.61. The molecular formula is C6H11F3. The summed E-state index contributed by atoms with van der Waals surface area (Å²) >= 11 is 0. The minimum absolute atomic E-state index is 0.0648. The van der Waals surface area contributed by atoms with Crippen molar-refractivity contribution in [1.29, 1.82) is 0 Å². The van der Waals surface area contributed by atoms with Crippen LogP contribution in [-0.4, -0.2) is 12.1 Å². The molecule has 0 saturated carbocycles. The van der Waals surface area contributed by atoms with E-state index in [-0.39, 0.29) is 6.42 Å². The van der Waals surface area contributed by atoms with Crippen molar-refractivity contribution >= 4 is 0 Å². The Bertz CT molecular complexity index is 78.4. The van der Waals surface area contributed by atoms with Crippen LogP contribution < -0.4 is 0 Å². The van der Waals surface area contributed by atoms with Gasteiger partial charge in [-0.1, -0.05) is 13.3 Å². The van der Waals surface area contributed by atoms with Gasteiger partial charge < -0.3 is 0 Å². The van der Waals surface area contributed by atoms with Crippen LogP contribution in [0.1, 0.15) is 26.7 Å². The Hall–Kier alpha value is -0.210. The molecule has 0 fully saturated rings. The van der Waals surface area contributed by atoms with Crippen LogP contribution in [0.4, 0.5) is 13.2 Å². The molecule has 0 rings (SSSR count). The van der Waals surface area contributed by atoms with E-state index in [2.05, 4.69) is 0 Å². The summed E-state index contributed by atoms with van der Waals surface area (Å²) in [4.78, 5) is 0. The third-order valence-corrected chi connectivity index (χ3v) is 1.19. The first-order valence-corrected chi connectivity index (χ1v) is 2.97. The standard InChI is InChI=1S/C6H11F3/c1-3-4-6(2,9)5(7)8/h5H,3-4H2,1-2H3. The van der Waals surface area contributed by atoms with E-state index in [1.165, 1.54) is 0 Å². The maximum Gasteiger partial charge on any atom is 0.271 e. The first-order valence-electron chi connectivity index (χ1n) is 2.97. The molecule has 0 radical (unpaired) electrons. The summed E-state index contributed by atoms with van der Waals surface area (Å²) in [7, 11) is 0. The number of halogens is 3. The summed E-state index contributed by atoms with van der Waals surface area (Å²) in [5.41, 5.74) is -2.28. The third kappa shape index (κ3) is 2.72. The van der Waals surface area contributed by atoms with Crippen molar-refractivity contribution in [1.82, 2.24) is 0 Å². The van der Waals surface area contributed by atoms with Crippen molar-refractivity contribution in [3.63, 3.8) is 0 Å². The fraction of sp³-hybridized carbons (Fsp3) is 1.00. The first kappa shape index (κ1) is 8.79. The molecule has 1 unspecified atom stereocenters. The summed E-state index contributed by atoms with van der Waals surface area (Å²) in [5.74, 6) is 0. The number of alkyl halides is 3. The Kier molecular flexibility index (Phi) is 3.01. The summed E-state index contributed by atoms with van der Waals surface area (Å²) in [6.07, 6.45) is -2.46. The molecular weight excluding hydrogens is 129 g/mol. The zero-order valence-electron chi connectivity index (χ0n) is 5.63. The van der Waals surface area contributed by atoms with Gasteiger partial charge in [0.15, 0.2) is 5.67 Å². The largest absolute Gasteiger partial charge is 0.271 e. The van der Waals surface area contributed by atoms with Gasteiger partial charge in [-0.2, -0.15) is 0 Å². The van der Waals surface area contributed by atoms with Crippen molar-refractivity contribution < 1.29 is 13.2 Å². The zero-order chi connectivity index (χ0) is 7.49. The van der Waals surface area contributed by atoms with E-state index in [0.717, 1.165) is 6.92 Å². The molecule has 0 aromatic carbocycles. The molecule has 0 saturated heterocycles. The van der Waals surface area contributed by atoms with E-state index >= 15 is 0 Å². The fourth-order valence-corrected chi connectivity index (χ4v) is 0.598. The molecule has 0 amide bonds. The molecule has 0 nitrogen and oxygen atoms in total. The molecule has 3 heteroatoms. The summed E-state index contributed by atoms with van der Waals surface area (Å²) < 4.78 is 35.7. The summed E-state index contributed by atoms with van der Waals surface area (Å²) in [6, 6.07) is 0. The van der Waals surface area contributed by atoms with E-state index in [9.17, 15) is 13.2 Å². The van der Waals surface area contributed by atoms with Crippen molar-refractivity contribution in [3.8, 4) is 0 Å². The van der Waals surface area contributed by atoms with Crippen LogP contribution in [0.3, 0.4) is 0 Å². The Labute approximate surface area is 53.1 Å². The van der Waals surface area contributed by atoms with Gasteiger partial charge in [0.05, 0.1) is 0 Å². The maximum absolute atomic E-state index is 12.5. The third-order valence-electron chi connectivity index (χ3n) is 1.19. The van der Waals surface area contributed by atoms with Crippen LogP contribution in [0.5, 0.6) is 0 Å². The highest BCUT2D eigenvalue weighted by molar-refractivity contribution is 4.74. The smallest absolute Gasteiger partial charge is 0.238 e. The van der Waals surface area contributed by atoms with Gasteiger partial charge in [0.1, 0.15) is 0 Å². The number of hydrogen-bond acceptors (Lipinski definition) is 0. The lowest BCUT2D eigenvalue weighted by atomic mass is 10.0. The van der Waals surface area contributed by atoms with E-state index in [4.69, 9.17) is 0 Å². The minimum Gasteiger partial charge on any atom is -0.238 e. The average molecular weight is 140 g/mol. The van der Waals surface area contributed by atoms with Gasteiger partial charge in [-0.3, -0.25) is 0 Å². The summed E-state index contributed by atoms with van der Waals surface area (Å²) in [5, 5.41) is 0. The minimum atomic E-state index is -2.85. The molecule has 56 valence electrons.